The molecule has 0 atom stereocenters. The predicted octanol–water partition coefficient (Wildman–Crippen LogP) is 2.80. The molecule has 5 heteroatoms. The van der Waals surface area contributed by atoms with Gasteiger partial charge in [-0.25, -0.2) is 9.97 Å². The van der Waals surface area contributed by atoms with Gasteiger partial charge in [0.25, 0.3) is 0 Å². The van der Waals surface area contributed by atoms with Crippen LogP contribution in [0.5, 0.6) is 0 Å². The standard InChI is InChI=1S/C13H14N4S/c1-2-14-6-13-17-12(7-18-13)9-3-4-10-11(5-9)16-8-15-10/h3-5,7-8,14H,2,6H2,1H3,(H,15,16). The zero-order valence-electron chi connectivity index (χ0n) is 10.1. The second-order valence-corrected chi connectivity index (χ2v) is 4.98. The van der Waals surface area contributed by atoms with Gasteiger partial charge in [-0.15, -0.1) is 11.3 Å². The Bertz CT molecular complexity index is 656. The monoisotopic (exact) mass is 258 g/mol. The summed E-state index contributed by atoms with van der Waals surface area (Å²) in [5.41, 5.74) is 4.20. The molecule has 3 rings (SSSR count). The van der Waals surface area contributed by atoms with Crippen molar-refractivity contribution in [3.63, 3.8) is 0 Å². The molecular weight excluding hydrogens is 244 g/mol. The van der Waals surface area contributed by atoms with Crippen LogP contribution >= 0.6 is 11.3 Å². The molecule has 0 unspecified atom stereocenters. The van der Waals surface area contributed by atoms with Gasteiger partial charge in [-0.3, -0.25) is 0 Å². The van der Waals surface area contributed by atoms with Crippen LogP contribution in [-0.2, 0) is 6.54 Å². The largest absolute Gasteiger partial charge is 0.345 e. The number of rotatable bonds is 4. The van der Waals surface area contributed by atoms with Gasteiger partial charge in [0.05, 0.1) is 23.1 Å². The zero-order valence-corrected chi connectivity index (χ0v) is 10.9. The van der Waals surface area contributed by atoms with Crippen LogP contribution in [0.1, 0.15) is 11.9 Å². The summed E-state index contributed by atoms with van der Waals surface area (Å²) >= 11 is 1.69. The Kier molecular flexibility index (Phi) is 3.08. The number of fused-ring (bicyclic) bond motifs is 1. The van der Waals surface area contributed by atoms with Gasteiger partial charge in [-0.2, -0.15) is 0 Å². The molecule has 1 aromatic carbocycles. The first-order chi connectivity index (χ1) is 8.86. The topological polar surface area (TPSA) is 53.6 Å². The quantitative estimate of drug-likeness (QED) is 0.756. The second-order valence-electron chi connectivity index (χ2n) is 4.04. The van der Waals surface area contributed by atoms with E-state index in [1.807, 2.05) is 6.07 Å². The number of H-pyrrole nitrogens is 1. The maximum atomic E-state index is 4.63. The lowest BCUT2D eigenvalue weighted by Crippen LogP contribution is -2.11. The lowest BCUT2D eigenvalue weighted by atomic mass is 10.1. The zero-order chi connectivity index (χ0) is 12.4. The average molecular weight is 258 g/mol. The van der Waals surface area contributed by atoms with Crippen LogP contribution < -0.4 is 5.32 Å². The highest BCUT2D eigenvalue weighted by atomic mass is 32.1. The Balaban J connectivity index is 1.90. The molecule has 18 heavy (non-hydrogen) atoms. The van der Waals surface area contributed by atoms with Crippen molar-refractivity contribution < 1.29 is 0 Å². The molecule has 2 aromatic heterocycles. The van der Waals surface area contributed by atoms with E-state index in [2.05, 4.69) is 44.7 Å². The van der Waals surface area contributed by atoms with Crippen molar-refractivity contribution in [2.75, 3.05) is 6.54 Å². The Morgan fingerprint density at radius 1 is 1.39 bits per heavy atom. The summed E-state index contributed by atoms with van der Waals surface area (Å²) < 4.78 is 0. The van der Waals surface area contributed by atoms with Crippen LogP contribution in [0.4, 0.5) is 0 Å². The third-order valence-corrected chi connectivity index (χ3v) is 3.64. The minimum Gasteiger partial charge on any atom is -0.345 e. The van der Waals surface area contributed by atoms with Gasteiger partial charge in [0.1, 0.15) is 5.01 Å². The molecule has 0 aliphatic heterocycles. The average Bonchev–Trinajstić information content (AvgIpc) is 3.04. The number of nitrogens with one attached hydrogen (secondary N) is 2. The molecular formula is C13H14N4S. The summed E-state index contributed by atoms with van der Waals surface area (Å²) in [5.74, 6) is 0. The normalized spacial score (nSPS) is 11.2. The number of hydrogen-bond acceptors (Lipinski definition) is 4. The Morgan fingerprint density at radius 2 is 2.33 bits per heavy atom. The van der Waals surface area contributed by atoms with Crippen LogP contribution in [0.25, 0.3) is 22.3 Å². The molecule has 0 saturated carbocycles. The van der Waals surface area contributed by atoms with Gasteiger partial charge in [0.15, 0.2) is 0 Å². The number of nitrogens with zero attached hydrogens (tertiary/aromatic N) is 2. The highest BCUT2D eigenvalue weighted by Crippen LogP contribution is 2.24. The fraction of sp³-hybridized carbons (Fsp3) is 0.231. The summed E-state index contributed by atoms with van der Waals surface area (Å²) in [7, 11) is 0. The molecule has 0 aliphatic carbocycles. The maximum absolute atomic E-state index is 4.63. The molecule has 92 valence electrons. The first-order valence-electron chi connectivity index (χ1n) is 5.95. The van der Waals surface area contributed by atoms with Crippen molar-refractivity contribution >= 4 is 22.4 Å². The maximum Gasteiger partial charge on any atom is 0.107 e. The van der Waals surface area contributed by atoms with Crippen LogP contribution in [0.3, 0.4) is 0 Å². The molecule has 0 saturated heterocycles. The van der Waals surface area contributed by atoms with Crippen molar-refractivity contribution in [2.45, 2.75) is 13.5 Å². The van der Waals surface area contributed by atoms with Crippen molar-refractivity contribution in [2.24, 2.45) is 0 Å². The van der Waals surface area contributed by atoms with E-state index < -0.39 is 0 Å². The van der Waals surface area contributed by atoms with Crippen LogP contribution in [-0.4, -0.2) is 21.5 Å². The first kappa shape index (κ1) is 11.4. The molecule has 3 aromatic rings. The number of hydrogen-bond donors (Lipinski definition) is 2. The van der Waals surface area contributed by atoms with Crippen LogP contribution in [0.2, 0.25) is 0 Å². The SMILES string of the molecule is CCNCc1nc(-c2ccc3nc[nH]c3c2)cs1. The van der Waals surface area contributed by atoms with Crippen molar-refractivity contribution in [3.8, 4) is 11.3 Å². The van der Waals surface area contributed by atoms with Gasteiger partial charge < -0.3 is 10.3 Å². The molecule has 2 heterocycles. The van der Waals surface area contributed by atoms with Crippen molar-refractivity contribution in [1.29, 1.82) is 0 Å². The number of benzene rings is 1. The van der Waals surface area contributed by atoms with E-state index in [1.165, 1.54) is 0 Å². The molecule has 0 aliphatic rings. The molecule has 2 N–H and O–H groups in total. The first-order valence-corrected chi connectivity index (χ1v) is 6.83. The fourth-order valence-corrected chi connectivity index (χ4v) is 2.62. The lowest BCUT2D eigenvalue weighted by molar-refractivity contribution is 0.723. The summed E-state index contributed by atoms with van der Waals surface area (Å²) in [4.78, 5) is 12.0. The number of imidazole rings is 1. The molecule has 0 spiro atoms. The van der Waals surface area contributed by atoms with Gasteiger partial charge >= 0.3 is 0 Å². The third kappa shape index (κ3) is 2.14. The highest BCUT2D eigenvalue weighted by molar-refractivity contribution is 7.09. The fourth-order valence-electron chi connectivity index (χ4n) is 1.85. The summed E-state index contributed by atoms with van der Waals surface area (Å²) in [6.07, 6.45) is 1.71. The van der Waals surface area contributed by atoms with Crippen LogP contribution in [0.15, 0.2) is 29.9 Å². The van der Waals surface area contributed by atoms with E-state index in [0.29, 0.717) is 0 Å². The van der Waals surface area contributed by atoms with Crippen molar-refractivity contribution in [3.05, 3.63) is 34.9 Å². The number of thiazole rings is 1. The second kappa shape index (κ2) is 4.88. The highest BCUT2D eigenvalue weighted by Gasteiger charge is 2.05. The van der Waals surface area contributed by atoms with Crippen LogP contribution in [0, 0.1) is 0 Å². The molecule has 0 fully saturated rings. The molecule has 0 radical (unpaired) electrons. The summed E-state index contributed by atoms with van der Waals surface area (Å²) in [5, 5.41) is 6.51. The predicted molar refractivity (Wildman–Crippen MR) is 74.6 cm³/mol. The summed E-state index contributed by atoms with van der Waals surface area (Å²) in [6.45, 7) is 3.91. The minimum atomic E-state index is 0.841. The Labute approximate surface area is 109 Å². The third-order valence-electron chi connectivity index (χ3n) is 2.79. The molecule has 0 amide bonds. The lowest BCUT2D eigenvalue weighted by Gasteiger charge is -1.97. The van der Waals surface area contributed by atoms with Crippen molar-refractivity contribution in [1.82, 2.24) is 20.3 Å². The van der Waals surface area contributed by atoms with Gasteiger partial charge in [-0.1, -0.05) is 13.0 Å². The number of aromatic amines is 1. The van der Waals surface area contributed by atoms with E-state index in [1.54, 1.807) is 17.7 Å². The summed E-state index contributed by atoms with van der Waals surface area (Å²) in [6, 6.07) is 6.17. The molecule has 0 bridgehead atoms. The van der Waals surface area contributed by atoms with E-state index in [9.17, 15) is 0 Å². The van der Waals surface area contributed by atoms with E-state index in [-0.39, 0.29) is 0 Å². The van der Waals surface area contributed by atoms with Gasteiger partial charge in [0, 0.05) is 17.5 Å². The van der Waals surface area contributed by atoms with E-state index >= 15 is 0 Å². The van der Waals surface area contributed by atoms with Gasteiger partial charge in [0.2, 0.25) is 0 Å². The number of aromatic nitrogens is 3. The smallest absolute Gasteiger partial charge is 0.107 e. The molecule has 4 nitrogen and oxygen atoms in total. The Morgan fingerprint density at radius 3 is 3.22 bits per heavy atom. The minimum absolute atomic E-state index is 0.841. The van der Waals surface area contributed by atoms with Gasteiger partial charge in [-0.05, 0) is 18.7 Å². The van der Waals surface area contributed by atoms with E-state index in [0.717, 1.165) is 40.4 Å². The van der Waals surface area contributed by atoms with E-state index in [4.69, 9.17) is 0 Å². The Hall–Kier alpha value is -1.72.